The normalized spacial score (nSPS) is 16.7. The monoisotopic (exact) mass is 497 g/mol. The van der Waals surface area contributed by atoms with E-state index < -0.39 is 17.6 Å². The van der Waals surface area contributed by atoms with Crippen molar-refractivity contribution in [2.24, 2.45) is 0 Å². The number of hydrogen-bond acceptors (Lipinski definition) is 6. The summed E-state index contributed by atoms with van der Waals surface area (Å²) in [6, 6.07) is 8.06. The molecule has 0 radical (unpaired) electrons. The van der Waals surface area contributed by atoms with Crippen molar-refractivity contribution in [1.29, 1.82) is 0 Å². The molecule has 4 heterocycles. The van der Waals surface area contributed by atoms with E-state index in [-0.39, 0.29) is 34.9 Å². The molecule has 2 aliphatic heterocycles. The van der Waals surface area contributed by atoms with E-state index >= 15 is 0 Å². The van der Waals surface area contributed by atoms with Crippen molar-refractivity contribution in [2.45, 2.75) is 38.6 Å². The average Bonchev–Trinajstić information content (AvgIpc) is 2.85. The summed E-state index contributed by atoms with van der Waals surface area (Å²) in [6.45, 7) is 6.88. The summed E-state index contributed by atoms with van der Waals surface area (Å²) in [7, 11) is 2.06. The first-order chi connectivity index (χ1) is 17.3. The smallest absolute Gasteiger partial charge is 0.218 e. The number of pyridine rings is 2. The van der Waals surface area contributed by atoms with E-state index in [1.54, 1.807) is 18.2 Å². The molecule has 5 rings (SSSR count). The zero-order chi connectivity index (χ0) is 25.4. The molecule has 2 aromatic heterocycles. The Labute approximate surface area is 209 Å². The predicted molar refractivity (Wildman–Crippen MR) is 135 cm³/mol. The maximum absolute atomic E-state index is 14.9. The summed E-state index contributed by atoms with van der Waals surface area (Å²) >= 11 is 0. The Hall–Kier alpha value is -3.33. The van der Waals surface area contributed by atoms with Gasteiger partial charge in [0.1, 0.15) is 24.1 Å². The maximum Gasteiger partial charge on any atom is 0.218 e. The van der Waals surface area contributed by atoms with Crippen molar-refractivity contribution in [2.75, 3.05) is 43.5 Å². The first-order valence-corrected chi connectivity index (χ1v) is 12.3. The van der Waals surface area contributed by atoms with Gasteiger partial charge in [-0.2, -0.15) is 4.39 Å². The van der Waals surface area contributed by atoms with Gasteiger partial charge in [-0.25, -0.2) is 18.7 Å². The van der Waals surface area contributed by atoms with Gasteiger partial charge in [-0.05, 0) is 82.6 Å². The molecule has 0 saturated carbocycles. The van der Waals surface area contributed by atoms with E-state index in [4.69, 9.17) is 4.74 Å². The van der Waals surface area contributed by atoms with Gasteiger partial charge < -0.3 is 19.9 Å². The predicted octanol–water partition coefficient (Wildman–Crippen LogP) is 5.72. The van der Waals surface area contributed by atoms with E-state index in [2.05, 4.69) is 27.2 Å². The fourth-order valence-corrected chi connectivity index (χ4v) is 4.99. The van der Waals surface area contributed by atoms with Gasteiger partial charge in [0.2, 0.25) is 5.95 Å². The molecule has 36 heavy (non-hydrogen) atoms. The number of benzene rings is 1. The van der Waals surface area contributed by atoms with Crippen molar-refractivity contribution < 1.29 is 17.9 Å². The van der Waals surface area contributed by atoms with Gasteiger partial charge in [0.25, 0.3) is 0 Å². The van der Waals surface area contributed by atoms with E-state index in [1.165, 1.54) is 12.1 Å². The number of likely N-dealkylation sites (tertiary alicyclic amines) is 1. The number of piperidine rings is 1. The van der Waals surface area contributed by atoms with Crippen LogP contribution in [0.15, 0.2) is 36.5 Å². The van der Waals surface area contributed by atoms with Crippen molar-refractivity contribution >= 4 is 17.3 Å². The summed E-state index contributed by atoms with van der Waals surface area (Å²) in [5.74, 6) is -0.785. The molecule has 2 aliphatic rings. The molecular formula is C27H30F3N5O. The maximum atomic E-state index is 14.9. The number of aromatic nitrogens is 2. The molecule has 0 spiro atoms. The number of rotatable bonds is 5. The van der Waals surface area contributed by atoms with Crippen LogP contribution in [0.1, 0.15) is 38.2 Å². The number of halogens is 3. The van der Waals surface area contributed by atoms with E-state index in [0.717, 1.165) is 32.1 Å². The van der Waals surface area contributed by atoms with E-state index in [0.29, 0.717) is 30.0 Å². The van der Waals surface area contributed by atoms with Crippen LogP contribution >= 0.6 is 0 Å². The van der Waals surface area contributed by atoms with Crippen LogP contribution in [0, 0.1) is 17.6 Å². The third-order valence-corrected chi connectivity index (χ3v) is 6.99. The van der Waals surface area contributed by atoms with Crippen LogP contribution in [0.25, 0.3) is 11.1 Å². The Morgan fingerprint density at radius 2 is 1.78 bits per heavy atom. The molecule has 6 nitrogen and oxygen atoms in total. The lowest BCUT2D eigenvalue weighted by molar-refractivity contribution is 0.252. The molecule has 1 saturated heterocycles. The Bertz CT molecular complexity index is 1260. The second-order valence-corrected chi connectivity index (χ2v) is 9.77. The minimum absolute atomic E-state index is 0.125. The molecule has 1 aromatic carbocycles. The van der Waals surface area contributed by atoms with Gasteiger partial charge in [-0.3, -0.25) is 0 Å². The minimum atomic E-state index is -0.593. The Morgan fingerprint density at radius 1 is 1.00 bits per heavy atom. The van der Waals surface area contributed by atoms with Gasteiger partial charge in [0.15, 0.2) is 11.6 Å². The third kappa shape index (κ3) is 4.84. The molecule has 3 aromatic rings. The number of ether oxygens (including phenoxy) is 1. The molecule has 0 atom stereocenters. The van der Waals surface area contributed by atoms with Gasteiger partial charge >= 0.3 is 0 Å². The average molecular weight is 498 g/mol. The number of nitrogens with one attached hydrogen (secondary N) is 1. The lowest BCUT2D eigenvalue weighted by Gasteiger charge is -2.35. The van der Waals surface area contributed by atoms with Crippen LogP contribution in [-0.2, 0) is 0 Å². The standard InChI is InChI=1S/C27H30F3N5O/c1-16(2)35-10-11-36-26-21(28)12-18(13-23(26)35)20-14-25(31-15-22(20)29)32-24-5-4-19(27(30)33-24)17-6-8-34(3)9-7-17/h4-5,12-17H,6-11H2,1-3H3,(H,31,32,33). The molecule has 0 bridgehead atoms. The molecule has 0 unspecified atom stereocenters. The zero-order valence-corrected chi connectivity index (χ0v) is 20.7. The SMILES string of the molecule is CC(C)N1CCOc2c(F)cc(-c3cc(Nc4ccc(C5CCN(C)CC5)c(F)n4)ncc3F)cc21. The molecule has 9 heteroatoms. The van der Waals surface area contributed by atoms with Crippen molar-refractivity contribution in [1.82, 2.24) is 14.9 Å². The number of anilines is 3. The molecular weight excluding hydrogens is 467 g/mol. The van der Waals surface area contributed by atoms with Gasteiger partial charge in [0.05, 0.1) is 18.4 Å². The second kappa shape index (κ2) is 9.97. The Balaban J connectivity index is 1.41. The third-order valence-electron chi connectivity index (χ3n) is 6.99. The number of fused-ring (bicyclic) bond motifs is 1. The van der Waals surface area contributed by atoms with Crippen LogP contribution in [0.5, 0.6) is 5.75 Å². The minimum Gasteiger partial charge on any atom is -0.486 e. The number of hydrogen-bond donors (Lipinski definition) is 1. The highest BCUT2D eigenvalue weighted by molar-refractivity contribution is 5.76. The second-order valence-electron chi connectivity index (χ2n) is 9.77. The first-order valence-electron chi connectivity index (χ1n) is 12.3. The Morgan fingerprint density at radius 3 is 2.50 bits per heavy atom. The summed E-state index contributed by atoms with van der Waals surface area (Å²) in [5.41, 5.74) is 1.74. The van der Waals surface area contributed by atoms with Crippen LogP contribution < -0.4 is 15.0 Å². The van der Waals surface area contributed by atoms with Crippen molar-refractivity contribution in [3.8, 4) is 16.9 Å². The zero-order valence-electron chi connectivity index (χ0n) is 20.7. The van der Waals surface area contributed by atoms with Crippen molar-refractivity contribution in [3.05, 3.63) is 59.7 Å². The van der Waals surface area contributed by atoms with E-state index in [1.807, 2.05) is 18.7 Å². The van der Waals surface area contributed by atoms with Crippen LogP contribution in [0.4, 0.5) is 30.5 Å². The molecule has 0 aliphatic carbocycles. The highest BCUT2D eigenvalue weighted by Gasteiger charge is 2.26. The van der Waals surface area contributed by atoms with Crippen LogP contribution in [-0.4, -0.2) is 54.2 Å². The molecule has 190 valence electrons. The molecule has 0 amide bonds. The number of nitrogens with zero attached hydrogens (tertiary/aromatic N) is 4. The lowest BCUT2D eigenvalue weighted by atomic mass is 9.90. The fourth-order valence-electron chi connectivity index (χ4n) is 4.99. The summed E-state index contributed by atoms with van der Waals surface area (Å²) in [5, 5.41) is 2.96. The molecule has 1 N–H and O–H groups in total. The van der Waals surface area contributed by atoms with Crippen LogP contribution in [0.2, 0.25) is 0 Å². The Kier molecular flexibility index (Phi) is 6.75. The van der Waals surface area contributed by atoms with Crippen LogP contribution in [0.3, 0.4) is 0 Å². The van der Waals surface area contributed by atoms with Gasteiger partial charge in [-0.15, -0.1) is 0 Å². The lowest BCUT2D eigenvalue weighted by Crippen LogP contribution is -2.38. The van der Waals surface area contributed by atoms with Gasteiger partial charge in [-0.1, -0.05) is 6.07 Å². The summed E-state index contributed by atoms with van der Waals surface area (Å²) < 4.78 is 50.2. The highest BCUT2D eigenvalue weighted by Crippen LogP contribution is 2.40. The topological polar surface area (TPSA) is 53.5 Å². The highest BCUT2D eigenvalue weighted by atomic mass is 19.1. The van der Waals surface area contributed by atoms with E-state index in [9.17, 15) is 13.2 Å². The van der Waals surface area contributed by atoms with Gasteiger partial charge in [0, 0.05) is 17.2 Å². The first kappa shape index (κ1) is 24.4. The summed E-state index contributed by atoms with van der Waals surface area (Å²) in [4.78, 5) is 12.4. The van der Waals surface area contributed by atoms with Crippen molar-refractivity contribution in [3.63, 3.8) is 0 Å². The summed E-state index contributed by atoms with van der Waals surface area (Å²) in [6.07, 6.45) is 2.84. The quantitative estimate of drug-likeness (QED) is 0.455. The molecule has 1 fully saturated rings. The fraction of sp³-hybridized carbons (Fsp3) is 0.407. The largest absolute Gasteiger partial charge is 0.486 e.